The van der Waals surface area contributed by atoms with Crippen LogP contribution < -0.4 is 0 Å². The zero-order valence-corrected chi connectivity index (χ0v) is 19.4. The van der Waals surface area contributed by atoms with Crippen LogP contribution in [0.4, 0.5) is 0 Å². The van der Waals surface area contributed by atoms with Crippen LogP contribution in [-0.4, -0.2) is 15.4 Å². The summed E-state index contributed by atoms with van der Waals surface area (Å²) in [5.74, 6) is -0.00546. The maximum Gasteiger partial charge on any atom is 0.247 e. The Balaban J connectivity index is 1.54. The highest BCUT2D eigenvalue weighted by Crippen LogP contribution is 2.16. The topological polar surface area (TPSA) is 25.2 Å². The molecule has 4 rings (SSSR count). The lowest BCUT2D eigenvalue weighted by Gasteiger charge is -2.23. The summed E-state index contributed by atoms with van der Waals surface area (Å²) in [6, 6.07) is 32.5. The summed E-state index contributed by atoms with van der Waals surface area (Å²) in [5.41, 5.74) is 4.44. The molecule has 0 radical (unpaired) electrons. The lowest BCUT2D eigenvalue weighted by Crippen LogP contribution is -2.29. The molecule has 3 nitrogen and oxygen atoms in total. The standard InChI is InChI=1S/C28H25BrN2O/c29-26-16-13-25(14-17-26)20-30-19-7-12-27(30)22-31(21-24-10-5-2-6-11-24)28(32)18-15-23-8-3-1-4-9-23/h1-19H,20-22H2. The minimum absolute atomic E-state index is 0.00546. The van der Waals surface area contributed by atoms with E-state index in [0.717, 1.165) is 27.8 Å². The van der Waals surface area contributed by atoms with E-state index in [2.05, 4.69) is 69.2 Å². The van der Waals surface area contributed by atoms with Gasteiger partial charge in [-0.05, 0) is 47.0 Å². The zero-order valence-electron chi connectivity index (χ0n) is 17.8. The second kappa shape index (κ2) is 10.8. The van der Waals surface area contributed by atoms with Gasteiger partial charge in [0.1, 0.15) is 0 Å². The highest BCUT2D eigenvalue weighted by molar-refractivity contribution is 9.10. The largest absolute Gasteiger partial charge is 0.345 e. The van der Waals surface area contributed by atoms with Crippen LogP contribution in [0, 0.1) is 0 Å². The molecule has 0 saturated carbocycles. The highest BCUT2D eigenvalue weighted by atomic mass is 79.9. The molecule has 3 aromatic carbocycles. The first-order valence-corrected chi connectivity index (χ1v) is 11.4. The fourth-order valence-electron chi connectivity index (χ4n) is 3.58. The van der Waals surface area contributed by atoms with Crippen molar-refractivity contribution in [3.63, 3.8) is 0 Å². The van der Waals surface area contributed by atoms with Crippen LogP contribution in [0.5, 0.6) is 0 Å². The van der Waals surface area contributed by atoms with E-state index in [1.165, 1.54) is 5.56 Å². The van der Waals surface area contributed by atoms with Crippen molar-refractivity contribution in [3.05, 3.63) is 136 Å². The Morgan fingerprint density at radius 3 is 2.19 bits per heavy atom. The zero-order chi connectivity index (χ0) is 22.2. The Morgan fingerprint density at radius 2 is 1.47 bits per heavy atom. The van der Waals surface area contributed by atoms with Crippen molar-refractivity contribution in [2.75, 3.05) is 0 Å². The van der Waals surface area contributed by atoms with Crippen molar-refractivity contribution in [3.8, 4) is 0 Å². The Bertz CT molecular complexity index is 1170. The number of benzene rings is 3. The van der Waals surface area contributed by atoms with E-state index in [4.69, 9.17) is 0 Å². The molecular weight excluding hydrogens is 460 g/mol. The van der Waals surface area contributed by atoms with Crippen LogP contribution in [0.3, 0.4) is 0 Å². The SMILES string of the molecule is O=C(C=Cc1ccccc1)N(Cc1ccccc1)Cc1cccn1Cc1ccc(Br)cc1. The fraction of sp³-hybridized carbons (Fsp3) is 0.107. The van der Waals surface area contributed by atoms with Crippen molar-refractivity contribution in [2.24, 2.45) is 0 Å². The Hall–Kier alpha value is -3.37. The summed E-state index contributed by atoms with van der Waals surface area (Å²) >= 11 is 3.49. The maximum atomic E-state index is 13.2. The van der Waals surface area contributed by atoms with Crippen LogP contribution in [-0.2, 0) is 24.4 Å². The van der Waals surface area contributed by atoms with Gasteiger partial charge >= 0.3 is 0 Å². The van der Waals surface area contributed by atoms with Crippen molar-refractivity contribution < 1.29 is 4.79 Å². The number of hydrogen-bond acceptors (Lipinski definition) is 1. The summed E-state index contributed by atoms with van der Waals surface area (Å²) < 4.78 is 3.27. The predicted octanol–water partition coefficient (Wildman–Crippen LogP) is 6.54. The Labute approximate surface area is 197 Å². The number of carbonyl (C=O) groups is 1. The summed E-state index contributed by atoms with van der Waals surface area (Å²) in [7, 11) is 0. The second-order valence-corrected chi connectivity index (χ2v) is 8.59. The molecule has 0 N–H and O–H groups in total. The second-order valence-electron chi connectivity index (χ2n) is 7.68. The van der Waals surface area contributed by atoms with E-state index in [-0.39, 0.29) is 5.91 Å². The summed E-state index contributed by atoms with van der Waals surface area (Å²) in [4.78, 5) is 15.1. The Kier molecular flexibility index (Phi) is 7.36. The molecule has 32 heavy (non-hydrogen) atoms. The van der Waals surface area contributed by atoms with Gasteiger partial charge in [0.2, 0.25) is 5.91 Å². The molecule has 0 bridgehead atoms. The number of carbonyl (C=O) groups excluding carboxylic acids is 1. The minimum atomic E-state index is -0.00546. The molecule has 0 unspecified atom stereocenters. The molecule has 160 valence electrons. The fourth-order valence-corrected chi connectivity index (χ4v) is 3.85. The third-order valence-corrected chi connectivity index (χ3v) is 5.82. The molecule has 0 saturated heterocycles. The third kappa shape index (κ3) is 6.08. The van der Waals surface area contributed by atoms with Gasteiger partial charge in [0.15, 0.2) is 0 Å². The van der Waals surface area contributed by atoms with E-state index < -0.39 is 0 Å². The van der Waals surface area contributed by atoms with Gasteiger partial charge in [-0.1, -0.05) is 88.7 Å². The molecule has 0 aliphatic rings. The van der Waals surface area contributed by atoms with E-state index in [1.807, 2.05) is 65.6 Å². The summed E-state index contributed by atoms with van der Waals surface area (Å²) in [6.45, 7) is 1.86. The lowest BCUT2D eigenvalue weighted by atomic mass is 10.2. The minimum Gasteiger partial charge on any atom is -0.345 e. The first-order valence-electron chi connectivity index (χ1n) is 10.6. The number of nitrogens with zero attached hydrogens (tertiary/aromatic N) is 2. The van der Waals surface area contributed by atoms with E-state index in [1.54, 1.807) is 6.08 Å². The number of hydrogen-bond donors (Lipinski definition) is 0. The number of halogens is 1. The lowest BCUT2D eigenvalue weighted by molar-refractivity contribution is -0.127. The van der Waals surface area contributed by atoms with Gasteiger partial charge in [0, 0.05) is 35.5 Å². The predicted molar refractivity (Wildman–Crippen MR) is 134 cm³/mol. The number of amides is 1. The first kappa shape index (κ1) is 21.8. The summed E-state index contributed by atoms with van der Waals surface area (Å²) in [5, 5.41) is 0. The van der Waals surface area contributed by atoms with Crippen LogP contribution in [0.25, 0.3) is 6.08 Å². The van der Waals surface area contributed by atoms with Gasteiger partial charge in [-0.2, -0.15) is 0 Å². The van der Waals surface area contributed by atoms with Crippen molar-refractivity contribution in [1.82, 2.24) is 9.47 Å². The van der Waals surface area contributed by atoms with Gasteiger partial charge < -0.3 is 9.47 Å². The highest BCUT2D eigenvalue weighted by Gasteiger charge is 2.14. The normalized spacial score (nSPS) is 11.0. The monoisotopic (exact) mass is 484 g/mol. The molecule has 0 aliphatic carbocycles. The van der Waals surface area contributed by atoms with Gasteiger partial charge in [-0.25, -0.2) is 0 Å². The molecule has 0 fully saturated rings. The molecule has 1 heterocycles. The van der Waals surface area contributed by atoms with Gasteiger partial charge in [-0.3, -0.25) is 4.79 Å². The third-order valence-electron chi connectivity index (χ3n) is 5.29. The van der Waals surface area contributed by atoms with Crippen LogP contribution in [0.2, 0.25) is 0 Å². The smallest absolute Gasteiger partial charge is 0.247 e. The molecule has 0 spiro atoms. The maximum absolute atomic E-state index is 13.2. The van der Waals surface area contributed by atoms with Crippen molar-refractivity contribution in [2.45, 2.75) is 19.6 Å². The number of aromatic nitrogens is 1. The molecule has 0 aliphatic heterocycles. The quantitative estimate of drug-likeness (QED) is 0.260. The average molecular weight is 485 g/mol. The van der Waals surface area contributed by atoms with Crippen molar-refractivity contribution in [1.29, 1.82) is 0 Å². The molecular formula is C28H25BrN2O. The van der Waals surface area contributed by atoms with Gasteiger partial charge in [-0.15, -0.1) is 0 Å². The first-order chi connectivity index (χ1) is 15.7. The van der Waals surface area contributed by atoms with Crippen LogP contribution in [0.1, 0.15) is 22.4 Å². The molecule has 1 aromatic heterocycles. The summed E-state index contributed by atoms with van der Waals surface area (Å²) in [6.07, 6.45) is 5.61. The van der Waals surface area contributed by atoms with Gasteiger partial charge in [0.05, 0.1) is 6.54 Å². The Morgan fingerprint density at radius 1 is 0.781 bits per heavy atom. The number of rotatable bonds is 8. The van der Waals surface area contributed by atoms with Crippen LogP contribution in [0.15, 0.2) is 114 Å². The van der Waals surface area contributed by atoms with Gasteiger partial charge in [0.25, 0.3) is 0 Å². The average Bonchev–Trinajstić information content (AvgIpc) is 3.26. The molecule has 4 aromatic rings. The molecule has 4 heteroatoms. The van der Waals surface area contributed by atoms with E-state index >= 15 is 0 Å². The molecule has 1 amide bonds. The van der Waals surface area contributed by atoms with E-state index in [9.17, 15) is 4.79 Å². The van der Waals surface area contributed by atoms with Crippen molar-refractivity contribution >= 4 is 27.9 Å². The van der Waals surface area contributed by atoms with E-state index in [0.29, 0.717) is 13.1 Å². The van der Waals surface area contributed by atoms with Crippen LogP contribution >= 0.6 is 15.9 Å². The molecule has 0 atom stereocenters.